The van der Waals surface area contributed by atoms with Crippen molar-refractivity contribution in [1.29, 1.82) is 0 Å². The Labute approximate surface area is 113 Å². The van der Waals surface area contributed by atoms with Crippen LogP contribution in [-0.2, 0) is 13.2 Å². The number of ether oxygens (including phenoxy) is 1. The third kappa shape index (κ3) is 3.35. The molecule has 19 heavy (non-hydrogen) atoms. The lowest BCUT2D eigenvalue weighted by molar-refractivity contribution is 0.305. The van der Waals surface area contributed by atoms with E-state index in [0.717, 1.165) is 25.4 Å². The molecule has 1 saturated heterocycles. The van der Waals surface area contributed by atoms with Gasteiger partial charge in [0.25, 0.3) is 0 Å². The number of nitrogens with one attached hydrogen (secondary N) is 1. The summed E-state index contributed by atoms with van der Waals surface area (Å²) in [5.41, 5.74) is 1.18. The SMILES string of the molecule is c1ccc(COc2cnn(CC3CCNC3)c2)cc1. The maximum Gasteiger partial charge on any atom is 0.157 e. The number of hydrogen-bond donors (Lipinski definition) is 1. The average molecular weight is 257 g/mol. The summed E-state index contributed by atoms with van der Waals surface area (Å²) in [4.78, 5) is 0. The Morgan fingerprint density at radius 1 is 1.32 bits per heavy atom. The summed E-state index contributed by atoms with van der Waals surface area (Å²) < 4.78 is 7.72. The van der Waals surface area contributed by atoms with Crippen LogP contribution in [0.25, 0.3) is 0 Å². The Morgan fingerprint density at radius 2 is 2.21 bits per heavy atom. The highest BCUT2D eigenvalue weighted by atomic mass is 16.5. The molecule has 1 aliphatic rings. The smallest absolute Gasteiger partial charge is 0.157 e. The van der Waals surface area contributed by atoms with E-state index in [2.05, 4.69) is 22.5 Å². The summed E-state index contributed by atoms with van der Waals surface area (Å²) in [6.07, 6.45) is 5.02. The number of hydrogen-bond acceptors (Lipinski definition) is 3. The molecule has 0 radical (unpaired) electrons. The van der Waals surface area contributed by atoms with Gasteiger partial charge in [-0.15, -0.1) is 0 Å². The van der Waals surface area contributed by atoms with Gasteiger partial charge in [-0.2, -0.15) is 5.10 Å². The second-order valence-electron chi connectivity index (χ2n) is 5.03. The van der Waals surface area contributed by atoms with Gasteiger partial charge in [-0.1, -0.05) is 30.3 Å². The van der Waals surface area contributed by atoms with Crippen LogP contribution in [0.1, 0.15) is 12.0 Å². The van der Waals surface area contributed by atoms with Gasteiger partial charge in [0.1, 0.15) is 6.61 Å². The summed E-state index contributed by atoms with van der Waals surface area (Å²) in [6.45, 7) is 3.79. The molecular formula is C15H19N3O. The van der Waals surface area contributed by atoms with Crippen molar-refractivity contribution in [2.45, 2.75) is 19.6 Å². The maximum absolute atomic E-state index is 5.74. The lowest BCUT2D eigenvalue weighted by Gasteiger charge is -2.07. The molecule has 0 spiro atoms. The number of benzene rings is 1. The minimum Gasteiger partial charge on any atom is -0.486 e. The van der Waals surface area contributed by atoms with Crippen LogP contribution >= 0.6 is 0 Å². The zero-order valence-corrected chi connectivity index (χ0v) is 11.0. The normalized spacial score (nSPS) is 18.6. The quantitative estimate of drug-likeness (QED) is 0.891. The van der Waals surface area contributed by atoms with Gasteiger partial charge in [-0.05, 0) is 31.0 Å². The van der Waals surface area contributed by atoms with Crippen LogP contribution in [0.4, 0.5) is 0 Å². The Balaban J connectivity index is 1.53. The van der Waals surface area contributed by atoms with E-state index in [1.54, 1.807) is 6.20 Å². The van der Waals surface area contributed by atoms with Gasteiger partial charge in [0.15, 0.2) is 5.75 Å². The molecule has 3 rings (SSSR count). The highest BCUT2D eigenvalue weighted by Crippen LogP contribution is 2.15. The Bertz CT molecular complexity index is 503. The van der Waals surface area contributed by atoms with Crippen LogP contribution < -0.4 is 10.1 Å². The zero-order chi connectivity index (χ0) is 12.9. The van der Waals surface area contributed by atoms with Crippen LogP contribution in [0, 0.1) is 5.92 Å². The first-order valence-corrected chi connectivity index (χ1v) is 6.80. The molecule has 1 aromatic heterocycles. The number of nitrogens with zero attached hydrogens (tertiary/aromatic N) is 2. The van der Waals surface area contributed by atoms with E-state index in [-0.39, 0.29) is 0 Å². The third-order valence-electron chi connectivity index (χ3n) is 3.47. The van der Waals surface area contributed by atoms with E-state index < -0.39 is 0 Å². The van der Waals surface area contributed by atoms with E-state index in [1.165, 1.54) is 12.0 Å². The van der Waals surface area contributed by atoms with Crippen LogP contribution in [0.2, 0.25) is 0 Å². The number of rotatable bonds is 5. The molecule has 1 unspecified atom stereocenters. The molecule has 0 aliphatic carbocycles. The van der Waals surface area contributed by atoms with E-state index in [0.29, 0.717) is 12.5 Å². The van der Waals surface area contributed by atoms with Crippen LogP contribution in [0.15, 0.2) is 42.7 Å². The highest BCUT2D eigenvalue weighted by Gasteiger charge is 2.15. The molecule has 100 valence electrons. The van der Waals surface area contributed by atoms with Gasteiger partial charge in [0.2, 0.25) is 0 Å². The Hall–Kier alpha value is -1.81. The molecular weight excluding hydrogens is 238 g/mol. The van der Waals surface area contributed by atoms with E-state index >= 15 is 0 Å². The van der Waals surface area contributed by atoms with Crippen molar-refractivity contribution in [1.82, 2.24) is 15.1 Å². The minimum atomic E-state index is 0.595. The van der Waals surface area contributed by atoms with E-state index in [9.17, 15) is 0 Å². The largest absolute Gasteiger partial charge is 0.486 e. The Morgan fingerprint density at radius 3 is 3.00 bits per heavy atom. The molecule has 1 aliphatic heterocycles. The minimum absolute atomic E-state index is 0.595. The molecule has 4 nitrogen and oxygen atoms in total. The molecule has 4 heteroatoms. The van der Waals surface area contributed by atoms with Gasteiger partial charge in [-0.25, -0.2) is 0 Å². The molecule has 2 aromatic rings. The topological polar surface area (TPSA) is 39.1 Å². The molecule has 1 fully saturated rings. The Kier molecular flexibility index (Phi) is 3.79. The fraction of sp³-hybridized carbons (Fsp3) is 0.400. The third-order valence-corrected chi connectivity index (χ3v) is 3.47. The zero-order valence-electron chi connectivity index (χ0n) is 11.0. The van der Waals surface area contributed by atoms with Crippen molar-refractivity contribution in [3.8, 4) is 5.75 Å². The van der Waals surface area contributed by atoms with E-state index in [1.807, 2.05) is 29.1 Å². The summed E-state index contributed by atoms with van der Waals surface area (Å²) in [7, 11) is 0. The lowest BCUT2D eigenvalue weighted by Crippen LogP contribution is -2.14. The standard InChI is InChI=1S/C15H19N3O/c1-2-4-13(5-3-1)12-19-15-9-17-18(11-15)10-14-6-7-16-8-14/h1-5,9,11,14,16H,6-8,10,12H2. The molecule has 1 N–H and O–H groups in total. The molecule has 0 amide bonds. The summed E-state index contributed by atoms with van der Waals surface area (Å²) >= 11 is 0. The second kappa shape index (κ2) is 5.89. The fourth-order valence-corrected chi connectivity index (χ4v) is 2.39. The van der Waals surface area contributed by atoms with Gasteiger partial charge in [-0.3, -0.25) is 4.68 Å². The van der Waals surface area contributed by atoms with Crippen LogP contribution in [0.3, 0.4) is 0 Å². The predicted molar refractivity (Wildman–Crippen MR) is 74.0 cm³/mol. The van der Waals surface area contributed by atoms with Crippen molar-refractivity contribution in [3.63, 3.8) is 0 Å². The first kappa shape index (κ1) is 12.2. The van der Waals surface area contributed by atoms with Gasteiger partial charge in [0, 0.05) is 6.54 Å². The number of aromatic nitrogens is 2. The maximum atomic E-state index is 5.74. The second-order valence-corrected chi connectivity index (χ2v) is 5.03. The van der Waals surface area contributed by atoms with Crippen LogP contribution in [0.5, 0.6) is 5.75 Å². The van der Waals surface area contributed by atoms with Crippen molar-refractivity contribution in [2.75, 3.05) is 13.1 Å². The van der Waals surface area contributed by atoms with E-state index in [4.69, 9.17) is 4.74 Å². The summed E-state index contributed by atoms with van der Waals surface area (Å²) in [5, 5.41) is 7.73. The monoisotopic (exact) mass is 257 g/mol. The highest BCUT2D eigenvalue weighted by molar-refractivity contribution is 5.16. The van der Waals surface area contributed by atoms with Gasteiger partial charge < -0.3 is 10.1 Å². The molecule has 1 atom stereocenters. The van der Waals surface area contributed by atoms with Crippen LogP contribution in [-0.4, -0.2) is 22.9 Å². The predicted octanol–water partition coefficient (Wildman–Crippen LogP) is 2.07. The van der Waals surface area contributed by atoms with Crippen molar-refractivity contribution in [3.05, 3.63) is 48.3 Å². The molecule has 0 bridgehead atoms. The summed E-state index contributed by atoms with van der Waals surface area (Å²) in [5.74, 6) is 1.54. The van der Waals surface area contributed by atoms with Crippen molar-refractivity contribution >= 4 is 0 Å². The molecule has 0 saturated carbocycles. The average Bonchev–Trinajstić information content (AvgIpc) is 3.10. The first-order chi connectivity index (χ1) is 9.40. The molecule has 2 heterocycles. The fourth-order valence-electron chi connectivity index (χ4n) is 2.39. The lowest BCUT2D eigenvalue weighted by atomic mass is 10.1. The van der Waals surface area contributed by atoms with Crippen molar-refractivity contribution < 1.29 is 4.74 Å². The van der Waals surface area contributed by atoms with Gasteiger partial charge in [0.05, 0.1) is 12.4 Å². The molecule has 1 aromatic carbocycles. The van der Waals surface area contributed by atoms with Crippen molar-refractivity contribution in [2.24, 2.45) is 5.92 Å². The van der Waals surface area contributed by atoms with Gasteiger partial charge >= 0.3 is 0 Å². The summed E-state index contributed by atoms with van der Waals surface area (Å²) in [6, 6.07) is 10.2. The first-order valence-electron chi connectivity index (χ1n) is 6.80.